The van der Waals surface area contributed by atoms with Crippen LogP contribution in [-0.4, -0.2) is 50.2 Å². The van der Waals surface area contributed by atoms with Gasteiger partial charge in [0.25, 0.3) is 0 Å². The van der Waals surface area contributed by atoms with Crippen LogP contribution in [0.15, 0.2) is 12.2 Å². The Morgan fingerprint density at radius 2 is 2.12 bits per heavy atom. The zero-order chi connectivity index (χ0) is 11.8. The molecule has 0 bridgehead atoms. The van der Waals surface area contributed by atoms with Gasteiger partial charge in [0, 0.05) is 25.0 Å². The maximum atomic E-state index is 11.1. The quantitative estimate of drug-likeness (QED) is 0.307. The molecule has 2 fully saturated rings. The number of esters is 1. The van der Waals surface area contributed by atoms with E-state index in [4.69, 9.17) is 14.6 Å². The SMILES string of the molecule is C1CO1.C=C(CC1CO1)C(=O)OCCCO. The van der Waals surface area contributed by atoms with Gasteiger partial charge in [-0.05, 0) is 0 Å². The van der Waals surface area contributed by atoms with Gasteiger partial charge in [0.1, 0.15) is 0 Å². The highest BCUT2D eigenvalue weighted by molar-refractivity contribution is 5.87. The van der Waals surface area contributed by atoms with Crippen molar-refractivity contribution in [2.45, 2.75) is 18.9 Å². The number of carbonyl (C=O) groups is 1. The monoisotopic (exact) mass is 230 g/mol. The van der Waals surface area contributed by atoms with Gasteiger partial charge in [-0.1, -0.05) is 6.58 Å². The molecule has 0 spiro atoms. The summed E-state index contributed by atoms with van der Waals surface area (Å²) >= 11 is 0. The first-order valence-electron chi connectivity index (χ1n) is 5.39. The summed E-state index contributed by atoms with van der Waals surface area (Å²) in [6, 6.07) is 0. The lowest BCUT2D eigenvalue weighted by atomic mass is 10.2. The summed E-state index contributed by atoms with van der Waals surface area (Å²) in [6.07, 6.45) is 1.19. The second kappa shape index (κ2) is 7.38. The molecule has 2 heterocycles. The minimum Gasteiger partial charge on any atom is -0.462 e. The summed E-state index contributed by atoms with van der Waals surface area (Å²) in [5.74, 6) is -0.385. The van der Waals surface area contributed by atoms with Gasteiger partial charge in [0.05, 0.1) is 32.5 Å². The molecule has 0 saturated carbocycles. The third kappa shape index (κ3) is 7.39. The highest BCUT2D eigenvalue weighted by Gasteiger charge is 2.25. The standard InChI is InChI=1S/C9H14O4.C2H4O/c1-7(5-8-6-13-8)9(11)12-4-2-3-10;1-2-3-1/h8,10H,1-6H2;1-2H2. The lowest BCUT2D eigenvalue weighted by Gasteiger charge is -2.04. The Morgan fingerprint density at radius 3 is 2.56 bits per heavy atom. The molecule has 2 rings (SSSR count). The Kier molecular flexibility index (Phi) is 6.07. The first-order valence-corrected chi connectivity index (χ1v) is 5.39. The molecule has 0 amide bonds. The summed E-state index contributed by atoms with van der Waals surface area (Å²) in [5.41, 5.74) is 0.445. The normalized spacial score (nSPS) is 20.4. The molecule has 2 aliphatic heterocycles. The van der Waals surface area contributed by atoms with Gasteiger partial charge in [0.15, 0.2) is 0 Å². The Morgan fingerprint density at radius 1 is 1.50 bits per heavy atom. The van der Waals surface area contributed by atoms with E-state index in [1.54, 1.807) is 0 Å². The third-order valence-electron chi connectivity index (χ3n) is 1.90. The van der Waals surface area contributed by atoms with Crippen LogP contribution in [0, 0.1) is 0 Å². The number of aliphatic hydroxyl groups excluding tert-OH is 1. The molecule has 92 valence electrons. The number of ether oxygens (including phenoxy) is 3. The molecule has 0 radical (unpaired) electrons. The van der Waals surface area contributed by atoms with Crippen LogP contribution in [-0.2, 0) is 19.0 Å². The molecule has 5 heteroatoms. The number of epoxide rings is 2. The molecule has 2 saturated heterocycles. The lowest BCUT2D eigenvalue weighted by Crippen LogP contribution is -2.10. The maximum Gasteiger partial charge on any atom is 0.333 e. The Bertz CT molecular complexity index is 230. The van der Waals surface area contributed by atoms with Gasteiger partial charge in [-0.3, -0.25) is 0 Å². The van der Waals surface area contributed by atoms with Crippen LogP contribution in [0.25, 0.3) is 0 Å². The highest BCUT2D eigenvalue weighted by atomic mass is 16.6. The zero-order valence-corrected chi connectivity index (χ0v) is 9.31. The van der Waals surface area contributed by atoms with Crippen molar-refractivity contribution < 1.29 is 24.1 Å². The second-order valence-corrected chi connectivity index (χ2v) is 3.59. The highest BCUT2D eigenvalue weighted by Crippen LogP contribution is 2.18. The Hall–Kier alpha value is -0.910. The van der Waals surface area contributed by atoms with Crippen LogP contribution >= 0.6 is 0 Å². The van der Waals surface area contributed by atoms with E-state index in [2.05, 4.69) is 11.3 Å². The van der Waals surface area contributed by atoms with E-state index in [9.17, 15) is 4.79 Å². The molecule has 0 aromatic carbocycles. The predicted octanol–water partition coefficient (Wildman–Crippen LogP) is 0.274. The molecule has 0 aliphatic carbocycles. The number of hydrogen-bond donors (Lipinski definition) is 1. The fraction of sp³-hybridized carbons (Fsp3) is 0.727. The topological polar surface area (TPSA) is 71.6 Å². The van der Waals surface area contributed by atoms with E-state index >= 15 is 0 Å². The molecule has 0 aromatic rings. The molecular formula is C11H18O5. The molecule has 1 atom stereocenters. The van der Waals surface area contributed by atoms with E-state index < -0.39 is 0 Å². The Balaban J connectivity index is 0.000000365. The number of carbonyl (C=O) groups excluding carboxylic acids is 1. The van der Waals surface area contributed by atoms with Crippen molar-refractivity contribution in [3.8, 4) is 0 Å². The molecule has 16 heavy (non-hydrogen) atoms. The van der Waals surface area contributed by atoms with Crippen LogP contribution in [0.1, 0.15) is 12.8 Å². The van der Waals surface area contributed by atoms with Crippen LogP contribution in [0.2, 0.25) is 0 Å². The third-order valence-corrected chi connectivity index (χ3v) is 1.90. The number of aliphatic hydroxyl groups is 1. The zero-order valence-electron chi connectivity index (χ0n) is 9.31. The van der Waals surface area contributed by atoms with Crippen molar-refractivity contribution in [3.63, 3.8) is 0 Å². The average Bonchev–Trinajstić information content (AvgIpc) is 3.10. The van der Waals surface area contributed by atoms with E-state index in [1.807, 2.05) is 0 Å². The molecule has 1 unspecified atom stereocenters. The number of hydrogen-bond acceptors (Lipinski definition) is 5. The Labute approximate surface area is 95.0 Å². The minimum atomic E-state index is -0.385. The molecule has 0 aromatic heterocycles. The summed E-state index contributed by atoms with van der Waals surface area (Å²) in [5, 5.41) is 8.44. The maximum absolute atomic E-state index is 11.1. The second-order valence-electron chi connectivity index (χ2n) is 3.59. The van der Waals surface area contributed by atoms with Gasteiger partial charge in [-0.2, -0.15) is 0 Å². The van der Waals surface area contributed by atoms with E-state index in [-0.39, 0.29) is 25.3 Å². The van der Waals surface area contributed by atoms with Gasteiger partial charge < -0.3 is 19.3 Å². The predicted molar refractivity (Wildman–Crippen MR) is 57.0 cm³/mol. The van der Waals surface area contributed by atoms with Crippen molar-refractivity contribution in [2.24, 2.45) is 0 Å². The van der Waals surface area contributed by atoms with Crippen LogP contribution in [0.3, 0.4) is 0 Å². The van der Waals surface area contributed by atoms with E-state index in [1.165, 1.54) is 0 Å². The average molecular weight is 230 g/mol. The van der Waals surface area contributed by atoms with Crippen molar-refractivity contribution in [2.75, 3.05) is 33.0 Å². The van der Waals surface area contributed by atoms with E-state index in [0.717, 1.165) is 13.2 Å². The van der Waals surface area contributed by atoms with Crippen LogP contribution in [0.4, 0.5) is 0 Å². The van der Waals surface area contributed by atoms with Gasteiger partial charge in [-0.15, -0.1) is 0 Å². The summed E-state index contributed by atoms with van der Waals surface area (Å²) < 4.78 is 14.3. The fourth-order valence-corrected chi connectivity index (χ4v) is 0.876. The van der Waals surface area contributed by atoms with Crippen LogP contribution in [0.5, 0.6) is 0 Å². The van der Waals surface area contributed by atoms with Crippen molar-refractivity contribution in [1.29, 1.82) is 0 Å². The first-order chi connectivity index (χ1) is 7.74. The number of rotatable bonds is 6. The summed E-state index contributed by atoms with van der Waals surface area (Å²) in [4.78, 5) is 11.1. The smallest absolute Gasteiger partial charge is 0.333 e. The summed E-state index contributed by atoms with van der Waals surface area (Å²) in [6.45, 7) is 6.59. The van der Waals surface area contributed by atoms with Gasteiger partial charge in [-0.25, -0.2) is 4.79 Å². The molecule has 2 aliphatic rings. The van der Waals surface area contributed by atoms with Gasteiger partial charge >= 0.3 is 5.97 Å². The van der Waals surface area contributed by atoms with Crippen molar-refractivity contribution >= 4 is 5.97 Å². The van der Waals surface area contributed by atoms with E-state index in [0.29, 0.717) is 25.0 Å². The first kappa shape index (κ1) is 13.2. The lowest BCUT2D eigenvalue weighted by molar-refractivity contribution is -0.139. The molecular weight excluding hydrogens is 212 g/mol. The molecule has 5 nitrogen and oxygen atoms in total. The molecule has 1 N–H and O–H groups in total. The fourth-order valence-electron chi connectivity index (χ4n) is 0.876. The largest absolute Gasteiger partial charge is 0.462 e. The minimum absolute atomic E-state index is 0.0332. The van der Waals surface area contributed by atoms with Crippen molar-refractivity contribution in [3.05, 3.63) is 12.2 Å². The van der Waals surface area contributed by atoms with Crippen LogP contribution < -0.4 is 0 Å². The summed E-state index contributed by atoms with van der Waals surface area (Å²) in [7, 11) is 0. The van der Waals surface area contributed by atoms with Crippen molar-refractivity contribution in [1.82, 2.24) is 0 Å². The van der Waals surface area contributed by atoms with Gasteiger partial charge in [0.2, 0.25) is 0 Å².